The minimum atomic E-state index is 0.0140. The number of para-hydroxylation sites is 1. The van der Waals surface area contributed by atoms with Crippen molar-refractivity contribution < 1.29 is 9.53 Å². The van der Waals surface area contributed by atoms with Crippen LogP contribution in [0.3, 0.4) is 0 Å². The largest absolute Gasteiger partial charge is 0.497 e. The maximum absolute atomic E-state index is 13.0. The number of ether oxygens (including phenoxy) is 1. The van der Waals surface area contributed by atoms with Crippen LogP contribution in [0, 0.1) is 0 Å². The normalized spacial score (nSPS) is 15.1. The Hall–Kier alpha value is -3.34. The van der Waals surface area contributed by atoms with Crippen LogP contribution in [-0.2, 0) is 0 Å². The van der Waals surface area contributed by atoms with Crippen LogP contribution in [0.5, 0.6) is 5.75 Å². The number of amides is 1. The molecule has 0 atom stereocenters. The third-order valence-electron chi connectivity index (χ3n) is 5.96. The molecule has 3 heterocycles. The summed E-state index contributed by atoms with van der Waals surface area (Å²) < 4.78 is 5.26. The molecule has 146 valence electrons. The number of aromatic nitrogens is 2. The lowest BCUT2D eigenvalue weighted by atomic mass is 9.89. The fourth-order valence-corrected chi connectivity index (χ4v) is 4.34. The minimum Gasteiger partial charge on any atom is -0.497 e. The van der Waals surface area contributed by atoms with Gasteiger partial charge in [-0.3, -0.25) is 4.79 Å². The number of carbonyl (C=O) groups excluding carboxylic acids is 1. The van der Waals surface area contributed by atoms with Crippen LogP contribution in [-0.4, -0.2) is 41.0 Å². The first-order chi connectivity index (χ1) is 14.2. The molecule has 1 amide bonds. The number of H-pyrrole nitrogens is 1. The van der Waals surface area contributed by atoms with Gasteiger partial charge in [0.1, 0.15) is 11.4 Å². The Labute approximate surface area is 169 Å². The fraction of sp³-hybridized carbons (Fsp3) is 0.250. The molecule has 2 aromatic carbocycles. The van der Waals surface area contributed by atoms with E-state index < -0.39 is 0 Å². The summed E-state index contributed by atoms with van der Waals surface area (Å²) in [4.78, 5) is 22.9. The summed E-state index contributed by atoms with van der Waals surface area (Å²) in [6, 6.07) is 17.9. The van der Waals surface area contributed by atoms with Gasteiger partial charge in [-0.15, -0.1) is 0 Å². The van der Waals surface area contributed by atoms with Crippen molar-refractivity contribution in [3.8, 4) is 5.75 Å². The molecule has 0 spiro atoms. The van der Waals surface area contributed by atoms with Crippen molar-refractivity contribution in [2.45, 2.75) is 18.8 Å². The van der Waals surface area contributed by atoms with Gasteiger partial charge in [0.15, 0.2) is 0 Å². The number of methoxy groups -OCH3 is 1. The summed E-state index contributed by atoms with van der Waals surface area (Å²) in [5.41, 5.74) is 3.86. The molecule has 1 fully saturated rings. The Kier molecular flexibility index (Phi) is 4.43. The number of rotatable bonds is 3. The van der Waals surface area contributed by atoms with E-state index in [1.165, 1.54) is 16.5 Å². The maximum Gasteiger partial charge on any atom is 0.272 e. The van der Waals surface area contributed by atoms with Crippen molar-refractivity contribution in [1.29, 1.82) is 0 Å². The molecule has 1 aliphatic heterocycles. The lowest BCUT2D eigenvalue weighted by molar-refractivity contribution is 0.0708. The second kappa shape index (κ2) is 7.24. The van der Waals surface area contributed by atoms with E-state index >= 15 is 0 Å². The predicted octanol–water partition coefficient (Wildman–Crippen LogP) is 4.74. The minimum absolute atomic E-state index is 0.0140. The number of hydrogen-bond donors (Lipinski definition) is 1. The fourth-order valence-electron chi connectivity index (χ4n) is 4.34. The Morgan fingerprint density at radius 1 is 1.10 bits per heavy atom. The highest BCUT2D eigenvalue weighted by atomic mass is 16.5. The van der Waals surface area contributed by atoms with E-state index in [-0.39, 0.29) is 5.91 Å². The van der Waals surface area contributed by atoms with Gasteiger partial charge in [0.05, 0.1) is 12.6 Å². The molecule has 0 saturated carbocycles. The van der Waals surface area contributed by atoms with Crippen molar-refractivity contribution in [1.82, 2.24) is 14.9 Å². The Morgan fingerprint density at radius 3 is 2.76 bits per heavy atom. The predicted molar refractivity (Wildman–Crippen MR) is 114 cm³/mol. The Balaban J connectivity index is 1.31. The molecule has 5 heteroatoms. The molecule has 0 unspecified atom stereocenters. The number of hydrogen-bond acceptors (Lipinski definition) is 3. The van der Waals surface area contributed by atoms with Crippen molar-refractivity contribution in [3.63, 3.8) is 0 Å². The molecule has 0 radical (unpaired) electrons. The second-order valence-electron chi connectivity index (χ2n) is 7.61. The highest BCUT2D eigenvalue weighted by Gasteiger charge is 2.26. The molecular weight excluding hydrogens is 362 g/mol. The lowest BCUT2D eigenvalue weighted by Gasteiger charge is -2.31. The van der Waals surface area contributed by atoms with Crippen LogP contribution in [0.15, 0.2) is 60.8 Å². The van der Waals surface area contributed by atoms with Crippen LogP contribution in [0.25, 0.3) is 21.8 Å². The monoisotopic (exact) mass is 385 g/mol. The van der Waals surface area contributed by atoms with E-state index in [0.717, 1.165) is 42.6 Å². The summed E-state index contributed by atoms with van der Waals surface area (Å²) in [7, 11) is 1.65. The van der Waals surface area contributed by atoms with Gasteiger partial charge in [-0.25, -0.2) is 4.98 Å². The molecule has 2 aromatic heterocycles. The first kappa shape index (κ1) is 17.7. The molecule has 5 nitrogen and oxygen atoms in total. The number of aromatic amines is 1. The summed E-state index contributed by atoms with van der Waals surface area (Å²) in [5.74, 6) is 1.28. The Bertz CT molecular complexity index is 1190. The van der Waals surface area contributed by atoms with Crippen LogP contribution >= 0.6 is 0 Å². The molecule has 1 saturated heterocycles. The molecule has 5 rings (SSSR count). The summed E-state index contributed by atoms with van der Waals surface area (Å²) in [5, 5.41) is 2.27. The average Bonchev–Trinajstić information content (AvgIpc) is 3.22. The van der Waals surface area contributed by atoms with Gasteiger partial charge in [-0.05, 0) is 54.7 Å². The molecular formula is C24H23N3O2. The van der Waals surface area contributed by atoms with Gasteiger partial charge >= 0.3 is 0 Å². The van der Waals surface area contributed by atoms with E-state index in [1.54, 1.807) is 7.11 Å². The van der Waals surface area contributed by atoms with Gasteiger partial charge in [0.25, 0.3) is 5.91 Å². The SMILES string of the molecule is COc1ccc2nc(C(=O)N3CCC(c4c[nH]c5ccccc45)CC3)ccc2c1. The zero-order chi connectivity index (χ0) is 19.8. The van der Waals surface area contributed by atoms with E-state index in [0.29, 0.717) is 11.6 Å². The van der Waals surface area contributed by atoms with Gasteiger partial charge in [-0.1, -0.05) is 24.3 Å². The number of pyridine rings is 1. The van der Waals surface area contributed by atoms with E-state index in [1.807, 2.05) is 35.2 Å². The van der Waals surface area contributed by atoms with E-state index in [4.69, 9.17) is 4.74 Å². The summed E-state index contributed by atoms with van der Waals surface area (Å²) in [6.45, 7) is 1.51. The molecule has 1 N–H and O–H groups in total. The van der Waals surface area contributed by atoms with Gasteiger partial charge < -0.3 is 14.6 Å². The molecule has 1 aliphatic rings. The highest BCUT2D eigenvalue weighted by molar-refractivity contribution is 5.95. The number of likely N-dealkylation sites (tertiary alicyclic amines) is 1. The van der Waals surface area contributed by atoms with Crippen LogP contribution in [0.1, 0.15) is 34.8 Å². The molecule has 29 heavy (non-hydrogen) atoms. The maximum atomic E-state index is 13.0. The summed E-state index contributed by atoms with van der Waals surface area (Å²) >= 11 is 0. The van der Waals surface area contributed by atoms with Crippen LogP contribution in [0.4, 0.5) is 0 Å². The van der Waals surface area contributed by atoms with E-state index in [9.17, 15) is 4.79 Å². The Morgan fingerprint density at radius 2 is 1.93 bits per heavy atom. The number of benzene rings is 2. The molecule has 4 aromatic rings. The quantitative estimate of drug-likeness (QED) is 0.554. The van der Waals surface area contributed by atoms with Gasteiger partial charge in [0.2, 0.25) is 0 Å². The zero-order valence-corrected chi connectivity index (χ0v) is 16.4. The molecule has 0 aliphatic carbocycles. The van der Waals surface area contributed by atoms with Crippen molar-refractivity contribution in [2.75, 3.05) is 20.2 Å². The van der Waals surface area contributed by atoms with Crippen molar-refractivity contribution in [3.05, 3.63) is 72.1 Å². The standard InChI is InChI=1S/C24H23N3O2/c1-29-18-7-9-21-17(14-18)6-8-23(26-21)24(28)27-12-10-16(11-13-27)20-15-25-22-5-3-2-4-19(20)22/h2-9,14-16,25H,10-13H2,1H3. The first-order valence-electron chi connectivity index (χ1n) is 10.0. The van der Waals surface area contributed by atoms with Crippen LogP contribution in [0.2, 0.25) is 0 Å². The number of nitrogens with zero attached hydrogens (tertiary/aromatic N) is 2. The van der Waals surface area contributed by atoms with E-state index in [2.05, 4.69) is 40.4 Å². The van der Waals surface area contributed by atoms with Crippen molar-refractivity contribution in [2.24, 2.45) is 0 Å². The second-order valence-corrected chi connectivity index (χ2v) is 7.61. The third kappa shape index (κ3) is 3.23. The highest BCUT2D eigenvalue weighted by Crippen LogP contribution is 2.33. The zero-order valence-electron chi connectivity index (χ0n) is 16.4. The first-order valence-corrected chi connectivity index (χ1v) is 10.0. The summed E-state index contributed by atoms with van der Waals surface area (Å²) in [6.07, 6.45) is 4.07. The molecule has 0 bridgehead atoms. The van der Waals surface area contributed by atoms with Gasteiger partial charge in [0, 0.05) is 35.6 Å². The number of nitrogens with one attached hydrogen (secondary N) is 1. The van der Waals surface area contributed by atoms with Gasteiger partial charge in [-0.2, -0.15) is 0 Å². The van der Waals surface area contributed by atoms with Crippen LogP contribution < -0.4 is 4.74 Å². The number of fused-ring (bicyclic) bond motifs is 2. The number of carbonyl (C=O) groups is 1. The number of piperidine rings is 1. The lowest BCUT2D eigenvalue weighted by Crippen LogP contribution is -2.38. The smallest absolute Gasteiger partial charge is 0.272 e. The topological polar surface area (TPSA) is 58.2 Å². The third-order valence-corrected chi connectivity index (χ3v) is 5.96. The van der Waals surface area contributed by atoms with Crippen molar-refractivity contribution >= 4 is 27.7 Å². The average molecular weight is 385 g/mol.